The van der Waals surface area contributed by atoms with Crippen molar-refractivity contribution in [2.45, 2.75) is 64.5 Å². The van der Waals surface area contributed by atoms with Gasteiger partial charge in [-0.25, -0.2) is 0 Å². The van der Waals surface area contributed by atoms with Gasteiger partial charge in [-0.15, -0.1) is 0 Å². The Morgan fingerprint density at radius 3 is 2.38 bits per heavy atom. The van der Waals surface area contributed by atoms with Gasteiger partial charge in [-0.05, 0) is 45.1 Å². The van der Waals surface area contributed by atoms with Gasteiger partial charge in [0.1, 0.15) is 0 Å². The largest absolute Gasteiger partial charge is 0.393 e. The third kappa shape index (κ3) is 4.02. The highest BCUT2D eigenvalue weighted by molar-refractivity contribution is 7.80. The van der Waals surface area contributed by atoms with Crippen LogP contribution in [0.2, 0.25) is 0 Å². The molecule has 0 bridgehead atoms. The van der Waals surface area contributed by atoms with Crippen LogP contribution in [0.15, 0.2) is 0 Å². The van der Waals surface area contributed by atoms with E-state index in [1.54, 1.807) is 0 Å². The molecule has 1 saturated carbocycles. The molecule has 0 heterocycles. The van der Waals surface area contributed by atoms with Gasteiger partial charge >= 0.3 is 0 Å². The van der Waals surface area contributed by atoms with Gasteiger partial charge in [0.2, 0.25) is 0 Å². The predicted molar refractivity (Wildman–Crippen MR) is 74.7 cm³/mol. The summed E-state index contributed by atoms with van der Waals surface area (Å²) in [7, 11) is 2.24. The van der Waals surface area contributed by atoms with Crippen molar-refractivity contribution >= 4 is 17.2 Å². The highest BCUT2D eigenvalue weighted by atomic mass is 32.1. The van der Waals surface area contributed by atoms with Gasteiger partial charge in [-0.3, -0.25) is 0 Å². The lowest BCUT2D eigenvalue weighted by atomic mass is 9.86. The average Bonchev–Trinajstić information content (AvgIpc) is 2.25. The first-order valence-electron chi connectivity index (χ1n) is 6.54. The second-order valence-corrected chi connectivity index (χ2v) is 5.84. The second kappa shape index (κ2) is 6.55. The van der Waals surface area contributed by atoms with Gasteiger partial charge in [-0.2, -0.15) is 0 Å². The molecule has 2 nitrogen and oxygen atoms in total. The van der Waals surface area contributed by atoms with Crippen molar-refractivity contribution in [3.8, 4) is 0 Å². The molecule has 1 aliphatic carbocycles. The van der Waals surface area contributed by atoms with E-state index in [4.69, 9.17) is 18.0 Å². The first-order chi connectivity index (χ1) is 7.54. The van der Waals surface area contributed by atoms with Crippen LogP contribution in [0.3, 0.4) is 0 Å². The van der Waals surface area contributed by atoms with E-state index in [1.807, 2.05) is 0 Å². The summed E-state index contributed by atoms with van der Waals surface area (Å²) in [6.07, 6.45) is 7.43. The number of rotatable bonds is 5. The smallest absolute Gasteiger partial charge is 0.0743 e. The molecule has 0 aromatic rings. The third-order valence-corrected chi connectivity index (χ3v) is 4.21. The molecular weight excluding hydrogens is 216 g/mol. The van der Waals surface area contributed by atoms with Crippen molar-refractivity contribution in [1.29, 1.82) is 0 Å². The van der Waals surface area contributed by atoms with E-state index in [1.165, 1.54) is 25.7 Å². The Kier molecular flexibility index (Phi) is 5.70. The molecule has 1 rings (SSSR count). The van der Waals surface area contributed by atoms with E-state index in [-0.39, 0.29) is 0 Å². The number of hydrogen-bond donors (Lipinski definition) is 1. The maximum absolute atomic E-state index is 5.66. The van der Waals surface area contributed by atoms with Crippen LogP contribution in [0, 0.1) is 5.92 Å². The summed E-state index contributed by atoms with van der Waals surface area (Å²) in [5, 5.41) is 0. The molecule has 16 heavy (non-hydrogen) atoms. The van der Waals surface area contributed by atoms with E-state index in [2.05, 4.69) is 25.8 Å². The third-order valence-electron chi connectivity index (χ3n) is 4.05. The standard InChI is InChI=1S/C13H26N2S/c1-4-11(9-13(14)16)15(3)12-7-5-10(2)6-8-12/h10-12H,4-9H2,1-3H3,(H2,14,16). The minimum atomic E-state index is 0.538. The summed E-state index contributed by atoms with van der Waals surface area (Å²) in [5.74, 6) is 0.917. The zero-order chi connectivity index (χ0) is 12.1. The quantitative estimate of drug-likeness (QED) is 0.752. The highest BCUT2D eigenvalue weighted by Crippen LogP contribution is 2.28. The highest BCUT2D eigenvalue weighted by Gasteiger charge is 2.25. The van der Waals surface area contributed by atoms with Crippen molar-refractivity contribution in [3.05, 3.63) is 0 Å². The summed E-state index contributed by atoms with van der Waals surface area (Å²) < 4.78 is 0. The minimum Gasteiger partial charge on any atom is -0.393 e. The van der Waals surface area contributed by atoms with Crippen molar-refractivity contribution in [1.82, 2.24) is 4.90 Å². The van der Waals surface area contributed by atoms with Crippen LogP contribution in [0.25, 0.3) is 0 Å². The fourth-order valence-corrected chi connectivity index (χ4v) is 2.95. The van der Waals surface area contributed by atoms with E-state index in [9.17, 15) is 0 Å². The van der Waals surface area contributed by atoms with Gasteiger partial charge in [0.05, 0.1) is 4.99 Å². The maximum atomic E-state index is 5.66. The van der Waals surface area contributed by atoms with E-state index >= 15 is 0 Å². The molecule has 94 valence electrons. The fourth-order valence-electron chi connectivity index (χ4n) is 2.76. The van der Waals surface area contributed by atoms with Crippen LogP contribution in [0.1, 0.15) is 52.4 Å². The summed E-state index contributed by atoms with van der Waals surface area (Å²) in [4.78, 5) is 3.17. The molecule has 1 fully saturated rings. The topological polar surface area (TPSA) is 29.3 Å². The first-order valence-corrected chi connectivity index (χ1v) is 6.95. The molecule has 0 aromatic heterocycles. The van der Waals surface area contributed by atoms with Crippen molar-refractivity contribution in [2.75, 3.05) is 7.05 Å². The molecular formula is C13H26N2S. The Labute approximate surface area is 106 Å². The number of hydrogen-bond acceptors (Lipinski definition) is 2. The Balaban J connectivity index is 2.47. The Morgan fingerprint density at radius 2 is 1.94 bits per heavy atom. The van der Waals surface area contributed by atoms with Gasteiger partial charge in [-0.1, -0.05) is 26.1 Å². The van der Waals surface area contributed by atoms with Gasteiger partial charge < -0.3 is 10.6 Å². The zero-order valence-corrected chi connectivity index (χ0v) is 11.7. The lowest BCUT2D eigenvalue weighted by molar-refractivity contribution is 0.123. The lowest BCUT2D eigenvalue weighted by Crippen LogP contribution is -2.43. The molecule has 0 radical (unpaired) electrons. The van der Waals surface area contributed by atoms with Gasteiger partial charge in [0.25, 0.3) is 0 Å². The lowest BCUT2D eigenvalue weighted by Gasteiger charge is -2.38. The molecule has 0 saturated heterocycles. The molecule has 0 amide bonds. The van der Waals surface area contributed by atoms with Crippen LogP contribution in [0.5, 0.6) is 0 Å². The predicted octanol–water partition coefficient (Wildman–Crippen LogP) is 2.95. The Hall–Kier alpha value is -0.150. The number of nitrogens with zero attached hydrogens (tertiary/aromatic N) is 1. The van der Waals surface area contributed by atoms with E-state index in [0.29, 0.717) is 11.0 Å². The minimum absolute atomic E-state index is 0.538. The maximum Gasteiger partial charge on any atom is 0.0743 e. The van der Waals surface area contributed by atoms with E-state index in [0.717, 1.165) is 24.8 Å². The van der Waals surface area contributed by atoms with Crippen molar-refractivity contribution < 1.29 is 0 Å². The summed E-state index contributed by atoms with van der Waals surface area (Å²) in [6.45, 7) is 4.59. The van der Waals surface area contributed by atoms with Crippen LogP contribution < -0.4 is 5.73 Å². The van der Waals surface area contributed by atoms with Crippen LogP contribution >= 0.6 is 12.2 Å². The fraction of sp³-hybridized carbons (Fsp3) is 0.923. The van der Waals surface area contributed by atoms with Crippen LogP contribution in [-0.2, 0) is 0 Å². The molecule has 0 aliphatic heterocycles. The Morgan fingerprint density at radius 1 is 1.38 bits per heavy atom. The molecule has 1 aliphatic rings. The van der Waals surface area contributed by atoms with Gasteiger partial charge in [0.15, 0.2) is 0 Å². The zero-order valence-electron chi connectivity index (χ0n) is 10.9. The number of nitrogens with two attached hydrogens (primary N) is 1. The van der Waals surface area contributed by atoms with Crippen molar-refractivity contribution in [3.63, 3.8) is 0 Å². The molecule has 0 aromatic carbocycles. The monoisotopic (exact) mass is 242 g/mol. The van der Waals surface area contributed by atoms with Gasteiger partial charge in [0, 0.05) is 18.5 Å². The normalized spacial score (nSPS) is 28.0. The number of thiocarbonyl (C=S) groups is 1. The van der Waals surface area contributed by atoms with Crippen LogP contribution in [-0.4, -0.2) is 29.0 Å². The molecule has 2 N–H and O–H groups in total. The molecule has 0 spiro atoms. The SMILES string of the molecule is CCC(CC(N)=S)N(C)C1CCC(C)CC1. The molecule has 3 heteroatoms. The van der Waals surface area contributed by atoms with Crippen LogP contribution in [0.4, 0.5) is 0 Å². The second-order valence-electron chi connectivity index (χ2n) is 5.31. The molecule has 1 atom stereocenters. The molecule has 1 unspecified atom stereocenters. The summed E-state index contributed by atoms with van der Waals surface area (Å²) in [6, 6.07) is 1.28. The average molecular weight is 242 g/mol. The van der Waals surface area contributed by atoms with E-state index < -0.39 is 0 Å². The summed E-state index contributed by atoms with van der Waals surface area (Å²) >= 11 is 5.03. The van der Waals surface area contributed by atoms with Crippen molar-refractivity contribution in [2.24, 2.45) is 11.7 Å². The summed E-state index contributed by atoms with van der Waals surface area (Å²) in [5.41, 5.74) is 5.66. The Bertz CT molecular complexity index is 222. The first kappa shape index (κ1) is 13.9.